The minimum Gasteiger partial charge on any atom is -0.333 e. The maximum Gasteiger partial charge on any atom is 0.416 e. The van der Waals surface area contributed by atoms with Gasteiger partial charge in [0, 0.05) is 16.3 Å². The summed E-state index contributed by atoms with van der Waals surface area (Å²) >= 11 is 5.93. The summed E-state index contributed by atoms with van der Waals surface area (Å²) in [4.78, 5) is 11.9. The van der Waals surface area contributed by atoms with Gasteiger partial charge in [-0.3, -0.25) is 4.79 Å². The maximum absolute atomic E-state index is 12.6. The third-order valence-corrected chi connectivity index (χ3v) is 3.74. The number of carbonyl (C=O) groups is 1. The first kappa shape index (κ1) is 18.3. The van der Waals surface area contributed by atoms with Crippen LogP contribution in [0.5, 0.6) is 0 Å². The molecule has 7 heteroatoms. The second-order valence-corrected chi connectivity index (χ2v) is 5.85. The molecule has 0 heterocycles. The smallest absolute Gasteiger partial charge is 0.333 e. The Labute approximate surface area is 142 Å². The van der Waals surface area contributed by atoms with Crippen molar-refractivity contribution in [2.75, 3.05) is 11.9 Å². The topological polar surface area (TPSA) is 45.7 Å². The van der Waals surface area contributed by atoms with Gasteiger partial charge in [-0.2, -0.15) is 13.2 Å². The van der Waals surface area contributed by atoms with E-state index in [-0.39, 0.29) is 24.2 Å². The molecule has 2 aromatic rings. The molecule has 1 amide bonds. The molecule has 3 N–H and O–H groups in total. The highest BCUT2D eigenvalue weighted by atomic mass is 35.5. The lowest BCUT2D eigenvalue weighted by Gasteiger charge is -2.12. The average Bonchev–Trinajstić information content (AvgIpc) is 2.52. The average molecular weight is 358 g/mol. The molecule has 0 bridgehead atoms. The van der Waals surface area contributed by atoms with Crippen molar-refractivity contribution >= 4 is 23.2 Å². The van der Waals surface area contributed by atoms with Crippen LogP contribution >= 0.6 is 11.6 Å². The van der Waals surface area contributed by atoms with Crippen molar-refractivity contribution in [3.05, 3.63) is 64.7 Å². The molecule has 2 aromatic carbocycles. The second-order valence-electron chi connectivity index (χ2n) is 5.41. The fourth-order valence-corrected chi connectivity index (χ4v) is 2.39. The van der Waals surface area contributed by atoms with Crippen LogP contribution in [0.3, 0.4) is 0 Å². The Kier molecular flexibility index (Phi) is 5.85. The summed E-state index contributed by atoms with van der Waals surface area (Å²) in [5.74, 6) is -0.372. The van der Waals surface area contributed by atoms with Crippen LogP contribution in [-0.4, -0.2) is 12.5 Å². The highest BCUT2D eigenvalue weighted by Gasteiger charge is 2.30. The number of halogens is 4. The molecule has 3 nitrogen and oxygen atoms in total. The van der Waals surface area contributed by atoms with E-state index in [0.717, 1.165) is 17.7 Å². The van der Waals surface area contributed by atoms with Gasteiger partial charge in [0.25, 0.3) is 5.91 Å². The zero-order valence-corrected chi connectivity index (χ0v) is 13.7. The van der Waals surface area contributed by atoms with E-state index in [9.17, 15) is 18.0 Å². The number of hydrogen-bond donors (Lipinski definition) is 2. The summed E-state index contributed by atoms with van der Waals surface area (Å²) in [6, 6.07) is 11.9. The van der Waals surface area contributed by atoms with Gasteiger partial charge in [0.2, 0.25) is 0 Å². The lowest BCUT2D eigenvalue weighted by Crippen LogP contribution is -2.86. The van der Waals surface area contributed by atoms with Crippen LogP contribution in [0.1, 0.15) is 24.1 Å². The third kappa shape index (κ3) is 5.25. The van der Waals surface area contributed by atoms with Crippen molar-refractivity contribution < 1.29 is 23.3 Å². The number of carbonyl (C=O) groups excluding carboxylic acids is 1. The van der Waals surface area contributed by atoms with E-state index in [0.29, 0.717) is 5.02 Å². The lowest BCUT2D eigenvalue weighted by molar-refractivity contribution is -0.682. The quantitative estimate of drug-likeness (QED) is 0.843. The summed E-state index contributed by atoms with van der Waals surface area (Å²) in [5, 5.41) is 4.87. The van der Waals surface area contributed by atoms with Crippen LogP contribution in [0.2, 0.25) is 5.02 Å². The van der Waals surface area contributed by atoms with Gasteiger partial charge in [-0.05, 0) is 37.3 Å². The van der Waals surface area contributed by atoms with Crippen molar-refractivity contribution in [3.63, 3.8) is 0 Å². The predicted molar refractivity (Wildman–Crippen MR) is 86.7 cm³/mol. The highest BCUT2D eigenvalue weighted by Crippen LogP contribution is 2.30. The molecular formula is C17H17ClF3N2O+. The summed E-state index contributed by atoms with van der Waals surface area (Å²) in [5.41, 5.74) is 0.296. The predicted octanol–water partition coefficient (Wildman–Crippen LogP) is 3.62. The molecule has 0 saturated heterocycles. The Balaban J connectivity index is 1.92. The van der Waals surface area contributed by atoms with Crippen LogP contribution in [0, 0.1) is 0 Å². The second kappa shape index (κ2) is 7.68. The number of alkyl halides is 3. The van der Waals surface area contributed by atoms with Gasteiger partial charge in [-0.25, -0.2) is 0 Å². The number of benzene rings is 2. The molecule has 0 aliphatic heterocycles. The molecule has 0 aliphatic carbocycles. The molecule has 0 fully saturated rings. The molecular weight excluding hydrogens is 341 g/mol. The number of hydrogen-bond acceptors (Lipinski definition) is 1. The largest absolute Gasteiger partial charge is 0.416 e. The SMILES string of the molecule is C[C@H]([NH2+]CC(=O)Nc1cccc(C(F)(F)F)c1)c1cccc(Cl)c1. The number of amides is 1. The Hall–Kier alpha value is -2.05. The van der Waals surface area contributed by atoms with E-state index in [4.69, 9.17) is 11.6 Å². The fourth-order valence-electron chi connectivity index (χ4n) is 2.20. The first-order valence-corrected chi connectivity index (χ1v) is 7.69. The monoisotopic (exact) mass is 357 g/mol. The minimum absolute atomic E-state index is 0.00374. The van der Waals surface area contributed by atoms with Gasteiger partial charge in [-0.15, -0.1) is 0 Å². The van der Waals surface area contributed by atoms with Gasteiger partial charge < -0.3 is 10.6 Å². The van der Waals surface area contributed by atoms with Crippen molar-refractivity contribution in [2.24, 2.45) is 0 Å². The molecule has 0 spiro atoms. The van der Waals surface area contributed by atoms with Gasteiger partial charge in [0.1, 0.15) is 6.04 Å². The van der Waals surface area contributed by atoms with Gasteiger partial charge >= 0.3 is 6.18 Å². The zero-order valence-electron chi connectivity index (χ0n) is 12.9. The van der Waals surface area contributed by atoms with E-state index < -0.39 is 11.7 Å². The van der Waals surface area contributed by atoms with Crippen molar-refractivity contribution in [3.8, 4) is 0 Å². The van der Waals surface area contributed by atoms with Crippen LogP contribution in [0.4, 0.5) is 18.9 Å². The molecule has 0 aromatic heterocycles. The van der Waals surface area contributed by atoms with E-state index in [1.54, 1.807) is 11.4 Å². The number of nitrogens with two attached hydrogens (primary N) is 1. The molecule has 24 heavy (non-hydrogen) atoms. The maximum atomic E-state index is 12.6. The molecule has 0 aliphatic rings. The van der Waals surface area contributed by atoms with E-state index >= 15 is 0 Å². The standard InChI is InChI=1S/C17H16ClF3N2O/c1-11(12-4-2-6-14(18)8-12)22-10-16(24)23-15-7-3-5-13(9-15)17(19,20)21/h2-9,11,22H,10H2,1H3,(H,23,24)/p+1/t11-/m0/s1. The van der Waals surface area contributed by atoms with Gasteiger partial charge in [-0.1, -0.05) is 29.8 Å². The van der Waals surface area contributed by atoms with Crippen molar-refractivity contribution in [1.29, 1.82) is 0 Å². The molecule has 1 atom stereocenters. The Morgan fingerprint density at radius 1 is 1.21 bits per heavy atom. The summed E-state index contributed by atoms with van der Waals surface area (Å²) in [7, 11) is 0. The fraction of sp³-hybridized carbons (Fsp3) is 0.235. The number of rotatable bonds is 5. The number of nitrogens with one attached hydrogen (secondary N) is 1. The first-order valence-electron chi connectivity index (χ1n) is 7.31. The van der Waals surface area contributed by atoms with Crippen LogP contribution in [0.25, 0.3) is 0 Å². The molecule has 128 valence electrons. The first-order chi connectivity index (χ1) is 11.3. The minimum atomic E-state index is -4.44. The summed E-state index contributed by atoms with van der Waals surface area (Å²) in [6.07, 6.45) is -4.44. The number of quaternary nitrogens is 1. The summed E-state index contributed by atoms with van der Waals surface area (Å²) in [6.45, 7) is 2.01. The van der Waals surface area contributed by atoms with Crippen molar-refractivity contribution in [1.82, 2.24) is 0 Å². The van der Waals surface area contributed by atoms with Gasteiger partial charge in [0.15, 0.2) is 6.54 Å². The molecule has 2 rings (SSSR count). The Morgan fingerprint density at radius 2 is 1.92 bits per heavy atom. The van der Waals surface area contributed by atoms with E-state index in [2.05, 4.69) is 5.32 Å². The molecule has 0 saturated carbocycles. The zero-order chi connectivity index (χ0) is 17.7. The van der Waals surface area contributed by atoms with Crippen LogP contribution in [0.15, 0.2) is 48.5 Å². The Bertz CT molecular complexity index is 719. The normalized spacial score (nSPS) is 12.7. The molecule has 0 unspecified atom stereocenters. The van der Waals surface area contributed by atoms with Gasteiger partial charge in [0.05, 0.1) is 5.56 Å². The highest BCUT2D eigenvalue weighted by molar-refractivity contribution is 6.30. The lowest BCUT2D eigenvalue weighted by atomic mass is 10.1. The van der Waals surface area contributed by atoms with Crippen molar-refractivity contribution in [2.45, 2.75) is 19.1 Å². The molecule has 0 radical (unpaired) electrons. The van der Waals surface area contributed by atoms with Crippen LogP contribution in [-0.2, 0) is 11.0 Å². The third-order valence-electron chi connectivity index (χ3n) is 3.50. The van der Waals surface area contributed by atoms with E-state index in [1.165, 1.54) is 12.1 Å². The Morgan fingerprint density at radius 3 is 2.58 bits per heavy atom. The number of anilines is 1. The van der Waals surface area contributed by atoms with E-state index in [1.807, 2.05) is 25.1 Å². The summed E-state index contributed by atoms with van der Waals surface area (Å²) < 4.78 is 37.9. The van der Waals surface area contributed by atoms with Crippen LogP contribution < -0.4 is 10.6 Å².